The highest BCUT2D eigenvalue weighted by atomic mass is 15.3. The molecule has 3 nitrogen and oxygen atoms in total. The van der Waals surface area contributed by atoms with Crippen molar-refractivity contribution in [3.05, 3.63) is 35.6 Å². The second-order valence-corrected chi connectivity index (χ2v) is 6.73. The smallest absolute Gasteiger partial charge is 0.122 e. The number of nitrogen functional groups attached to an aromatic ring is 1. The first-order chi connectivity index (χ1) is 11.1. The fraction of sp³-hybridized carbons (Fsp3) is 0.667. The Morgan fingerprint density at radius 2 is 1.62 bits per heavy atom. The topological polar surface area (TPSA) is 43.8 Å². The Balaban J connectivity index is 0. The van der Waals surface area contributed by atoms with Crippen LogP contribution in [0.3, 0.4) is 0 Å². The van der Waals surface area contributed by atoms with Crippen molar-refractivity contribution in [2.45, 2.75) is 93.5 Å². The molecular weight excluding hydrogens is 294 g/mol. The van der Waals surface area contributed by atoms with Crippen molar-refractivity contribution in [2.75, 3.05) is 5.73 Å². The molecule has 0 spiro atoms. The molecule has 0 bridgehead atoms. The van der Waals surface area contributed by atoms with E-state index in [0.717, 1.165) is 17.9 Å². The second-order valence-electron chi connectivity index (χ2n) is 6.73. The predicted octanol–water partition coefficient (Wildman–Crippen LogP) is 6.46. The van der Waals surface area contributed by atoms with Gasteiger partial charge in [0.05, 0.1) is 11.2 Å². The van der Waals surface area contributed by atoms with Crippen molar-refractivity contribution in [1.82, 2.24) is 9.78 Å². The first kappa shape index (κ1) is 24.7. The summed E-state index contributed by atoms with van der Waals surface area (Å²) in [5.41, 5.74) is 8.18. The molecule has 0 unspecified atom stereocenters. The van der Waals surface area contributed by atoms with Gasteiger partial charge in [0, 0.05) is 11.5 Å². The first-order valence-electron chi connectivity index (χ1n) is 9.34. The lowest BCUT2D eigenvalue weighted by Gasteiger charge is -2.25. The molecule has 0 aliphatic heterocycles. The Kier molecular flexibility index (Phi) is 11.5. The van der Waals surface area contributed by atoms with Crippen LogP contribution < -0.4 is 5.73 Å². The minimum Gasteiger partial charge on any atom is -0.384 e. The molecule has 1 heterocycles. The highest BCUT2D eigenvalue weighted by Crippen LogP contribution is 2.34. The van der Waals surface area contributed by atoms with E-state index in [1.165, 1.54) is 5.57 Å². The lowest BCUT2D eigenvalue weighted by molar-refractivity contribution is 0.355. The fourth-order valence-electron chi connectivity index (χ4n) is 2.32. The molecule has 1 aromatic rings. The van der Waals surface area contributed by atoms with E-state index in [4.69, 9.17) is 10.8 Å². The summed E-state index contributed by atoms with van der Waals surface area (Å²) in [6, 6.07) is 2.00. The van der Waals surface area contributed by atoms with E-state index in [9.17, 15) is 0 Å². The van der Waals surface area contributed by atoms with Crippen LogP contribution in [0.1, 0.15) is 88.3 Å². The summed E-state index contributed by atoms with van der Waals surface area (Å²) in [7, 11) is 0. The Bertz CT molecular complexity index is 512. The number of hydrogen-bond donors (Lipinski definition) is 1. The van der Waals surface area contributed by atoms with Gasteiger partial charge in [0.1, 0.15) is 5.82 Å². The molecule has 1 aromatic heterocycles. The van der Waals surface area contributed by atoms with E-state index in [1.807, 2.05) is 45.4 Å². The molecule has 0 saturated carbocycles. The summed E-state index contributed by atoms with van der Waals surface area (Å²) in [6.45, 7) is 22.9. The van der Waals surface area contributed by atoms with Gasteiger partial charge in [-0.15, -0.1) is 0 Å². The van der Waals surface area contributed by atoms with Crippen LogP contribution in [0.2, 0.25) is 0 Å². The monoisotopic (exact) mass is 335 g/mol. The largest absolute Gasteiger partial charge is 0.384 e. The number of hydrogen-bond acceptors (Lipinski definition) is 2. The zero-order valence-corrected chi connectivity index (χ0v) is 18.0. The lowest BCUT2D eigenvalue weighted by Crippen LogP contribution is -2.26. The van der Waals surface area contributed by atoms with E-state index in [2.05, 4.69) is 59.8 Å². The highest BCUT2D eigenvalue weighted by molar-refractivity contribution is 5.42. The molecule has 1 rings (SSSR count). The molecule has 3 heteroatoms. The van der Waals surface area contributed by atoms with Crippen molar-refractivity contribution in [1.29, 1.82) is 0 Å². The van der Waals surface area contributed by atoms with Gasteiger partial charge in [0.15, 0.2) is 0 Å². The van der Waals surface area contributed by atoms with Crippen molar-refractivity contribution in [3.8, 4) is 0 Å². The number of aromatic nitrogens is 2. The number of nitrogens with zero attached hydrogens (tertiary/aromatic N) is 2. The van der Waals surface area contributed by atoms with Crippen LogP contribution in [0.15, 0.2) is 29.9 Å². The van der Waals surface area contributed by atoms with Crippen molar-refractivity contribution in [2.24, 2.45) is 0 Å². The molecule has 0 saturated heterocycles. The zero-order valence-electron chi connectivity index (χ0n) is 18.0. The average molecular weight is 336 g/mol. The zero-order chi connectivity index (χ0) is 19.6. The van der Waals surface area contributed by atoms with Crippen LogP contribution in [-0.2, 0) is 11.0 Å². The SMILES string of the molecule is C/C=C\C(=C/CC)C(C)(C)c1cc(N)n(C(C)(C)C)n1.CC.CC. The quantitative estimate of drug-likeness (QED) is 0.641. The fourth-order valence-corrected chi connectivity index (χ4v) is 2.32. The summed E-state index contributed by atoms with van der Waals surface area (Å²) in [5, 5.41) is 4.76. The molecule has 24 heavy (non-hydrogen) atoms. The average Bonchev–Trinajstić information content (AvgIpc) is 2.94. The Hall–Kier alpha value is -1.51. The molecule has 0 aliphatic rings. The predicted molar refractivity (Wildman–Crippen MR) is 111 cm³/mol. The molecule has 0 radical (unpaired) electrons. The third kappa shape index (κ3) is 6.54. The first-order valence-corrected chi connectivity index (χ1v) is 9.34. The molecule has 2 N–H and O–H groups in total. The maximum Gasteiger partial charge on any atom is 0.122 e. The van der Waals surface area contributed by atoms with Crippen molar-refractivity contribution >= 4 is 5.82 Å². The maximum atomic E-state index is 6.14. The van der Waals surface area contributed by atoms with Gasteiger partial charge in [0.25, 0.3) is 0 Å². The van der Waals surface area contributed by atoms with Gasteiger partial charge in [-0.2, -0.15) is 5.10 Å². The van der Waals surface area contributed by atoms with E-state index < -0.39 is 0 Å². The molecule has 0 atom stereocenters. The number of anilines is 1. The van der Waals surface area contributed by atoms with Gasteiger partial charge in [-0.1, -0.05) is 66.7 Å². The Labute approximate surface area is 151 Å². The van der Waals surface area contributed by atoms with Crippen LogP contribution in [0.5, 0.6) is 0 Å². The summed E-state index contributed by atoms with van der Waals surface area (Å²) in [6.07, 6.45) is 7.51. The number of rotatable bonds is 4. The van der Waals surface area contributed by atoms with Gasteiger partial charge in [-0.25, -0.2) is 4.68 Å². The number of allylic oxidation sites excluding steroid dienone is 4. The molecule has 0 amide bonds. The summed E-state index contributed by atoms with van der Waals surface area (Å²) in [5.74, 6) is 0.719. The molecule has 0 fully saturated rings. The van der Waals surface area contributed by atoms with E-state index >= 15 is 0 Å². The van der Waals surface area contributed by atoms with E-state index in [1.54, 1.807) is 0 Å². The van der Waals surface area contributed by atoms with E-state index in [-0.39, 0.29) is 11.0 Å². The Morgan fingerprint density at radius 1 is 1.12 bits per heavy atom. The normalized spacial score (nSPS) is 12.4. The van der Waals surface area contributed by atoms with Gasteiger partial charge in [-0.3, -0.25) is 0 Å². The van der Waals surface area contributed by atoms with Crippen LogP contribution in [0.4, 0.5) is 5.82 Å². The standard InChI is InChI=1S/C17H29N3.2C2H6/c1-8-10-13(11-9-2)17(6,7)14-12-15(18)20(19-14)16(3,4)5;2*1-2/h8,10-12H,9,18H2,1-7H3;2*1-2H3/b10-8-,13-11+;;. The number of nitrogens with two attached hydrogens (primary N) is 1. The molecule has 0 aromatic carbocycles. The summed E-state index contributed by atoms with van der Waals surface area (Å²) < 4.78 is 1.91. The highest BCUT2D eigenvalue weighted by Gasteiger charge is 2.29. The van der Waals surface area contributed by atoms with Crippen LogP contribution in [-0.4, -0.2) is 9.78 Å². The van der Waals surface area contributed by atoms with Crippen molar-refractivity contribution < 1.29 is 0 Å². The van der Waals surface area contributed by atoms with Crippen LogP contribution >= 0.6 is 0 Å². The maximum absolute atomic E-state index is 6.14. The summed E-state index contributed by atoms with van der Waals surface area (Å²) >= 11 is 0. The van der Waals surface area contributed by atoms with E-state index in [0.29, 0.717) is 0 Å². The lowest BCUT2D eigenvalue weighted by atomic mass is 9.80. The third-order valence-corrected chi connectivity index (χ3v) is 3.50. The molecule has 0 aliphatic carbocycles. The van der Waals surface area contributed by atoms with Crippen LogP contribution in [0, 0.1) is 0 Å². The minimum atomic E-state index is -0.146. The Morgan fingerprint density at radius 3 is 1.96 bits per heavy atom. The van der Waals surface area contributed by atoms with Gasteiger partial charge in [-0.05, 0) is 39.7 Å². The third-order valence-electron chi connectivity index (χ3n) is 3.50. The van der Waals surface area contributed by atoms with Gasteiger partial charge in [0.2, 0.25) is 0 Å². The molecule has 140 valence electrons. The second kappa shape index (κ2) is 11.1. The van der Waals surface area contributed by atoms with Crippen molar-refractivity contribution in [3.63, 3.8) is 0 Å². The van der Waals surface area contributed by atoms with Gasteiger partial charge >= 0.3 is 0 Å². The summed E-state index contributed by atoms with van der Waals surface area (Å²) in [4.78, 5) is 0. The van der Waals surface area contributed by atoms with Gasteiger partial charge < -0.3 is 5.73 Å². The molecular formula is C21H41N3. The minimum absolute atomic E-state index is 0.104. The van der Waals surface area contributed by atoms with Crippen LogP contribution in [0.25, 0.3) is 0 Å².